The minimum absolute atomic E-state index is 0.198. The van der Waals surface area contributed by atoms with E-state index in [2.05, 4.69) is 4.98 Å². The van der Waals surface area contributed by atoms with Crippen LogP contribution in [-0.2, 0) is 6.18 Å². The molecule has 0 aliphatic heterocycles. The number of fused-ring (bicyclic) bond motifs is 2. The average Bonchev–Trinajstić information content (AvgIpc) is 2.88. The smallest absolute Gasteiger partial charge is 0.288 e. The summed E-state index contributed by atoms with van der Waals surface area (Å²) >= 11 is 0. The summed E-state index contributed by atoms with van der Waals surface area (Å²) < 4.78 is 40.4. The molecule has 0 amide bonds. The number of rotatable bonds is 0. The maximum Gasteiger partial charge on any atom is 0.419 e. The van der Waals surface area contributed by atoms with Gasteiger partial charge in [0.05, 0.1) is 22.8 Å². The third-order valence-electron chi connectivity index (χ3n) is 3.64. The Bertz CT molecular complexity index is 1050. The highest BCUT2D eigenvalue weighted by atomic mass is 19.4. The predicted octanol–water partition coefficient (Wildman–Crippen LogP) is 3.46. The number of imidazole rings is 1. The van der Waals surface area contributed by atoms with Gasteiger partial charge < -0.3 is 0 Å². The van der Waals surface area contributed by atoms with Crippen molar-refractivity contribution in [1.29, 1.82) is 0 Å². The van der Waals surface area contributed by atoms with E-state index in [9.17, 15) is 18.0 Å². The number of alkyl halides is 3. The molecule has 0 radical (unpaired) electrons. The number of pyridine rings is 2. The maximum atomic E-state index is 13.0. The summed E-state index contributed by atoms with van der Waals surface area (Å²) in [7, 11) is 0. The molecule has 0 N–H and O–H groups in total. The van der Waals surface area contributed by atoms with Crippen molar-refractivity contribution in [2.45, 2.75) is 6.18 Å². The Balaban J connectivity index is 2.33. The Morgan fingerprint density at radius 3 is 2.38 bits per heavy atom. The third kappa shape index (κ3) is 1.50. The van der Waals surface area contributed by atoms with Gasteiger partial charge >= 0.3 is 6.18 Å². The second kappa shape index (κ2) is 3.72. The standard InChI is InChI=1S/C15H7F3N2O/c16-15(17,18)10-5-6-11-13(21)9-4-2-1-3-8(9)12-7-19-14(10)20(11)12/h1-7H. The molecule has 3 nitrogen and oxygen atoms in total. The van der Waals surface area contributed by atoms with E-state index in [4.69, 9.17) is 0 Å². The van der Waals surface area contributed by atoms with Gasteiger partial charge in [0.2, 0.25) is 5.43 Å². The molecule has 104 valence electrons. The van der Waals surface area contributed by atoms with E-state index >= 15 is 0 Å². The van der Waals surface area contributed by atoms with E-state index in [1.807, 2.05) is 0 Å². The van der Waals surface area contributed by atoms with E-state index in [1.54, 1.807) is 24.3 Å². The van der Waals surface area contributed by atoms with Gasteiger partial charge in [-0.25, -0.2) is 4.98 Å². The lowest BCUT2D eigenvalue weighted by Gasteiger charge is -2.10. The number of nitrogens with zero attached hydrogens (tertiary/aromatic N) is 2. The molecular weight excluding hydrogens is 281 g/mol. The van der Waals surface area contributed by atoms with Gasteiger partial charge in [0.1, 0.15) is 5.65 Å². The van der Waals surface area contributed by atoms with Crippen LogP contribution < -0.4 is 5.43 Å². The van der Waals surface area contributed by atoms with Crippen LogP contribution in [-0.4, -0.2) is 9.38 Å². The van der Waals surface area contributed by atoms with Gasteiger partial charge in [-0.15, -0.1) is 0 Å². The molecule has 0 bridgehead atoms. The normalized spacial score (nSPS) is 12.7. The molecule has 3 heterocycles. The Kier molecular flexibility index (Phi) is 2.15. The van der Waals surface area contributed by atoms with Gasteiger partial charge in [-0.3, -0.25) is 9.20 Å². The molecule has 0 aliphatic rings. The largest absolute Gasteiger partial charge is 0.419 e. The molecule has 0 spiro atoms. The zero-order chi connectivity index (χ0) is 14.8. The molecule has 4 aromatic rings. The van der Waals surface area contributed by atoms with Crippen molar-refractivity contribution in [3.05, 3.63) is 58.4 Å². The molecule has 6 heteroatoms. The zero-order valence-electron chi connectivity index (χ0n) is 10.5. The number of hydrogen-bond donors (Lipinski definition) is 0. The SMILES string of the molecule is O=c1c2ccccc2c2cnc3c(C(F)(F)F)ccc1n32. The molecule has 0 aliphatic carbocycles. The number of benzene rings is 1. The quantitative estimate of drug-likeness (QED) is 0.464. The van der Waals surface area contributed by atoms with Crippen LogP contribution in [0.1, 0.15) is 5.56 Å². The molecular formula is C15H7F3N2O. The minimum atomic E-state index is -4.51. The number of halogens is 3. The lowest BCUT2D eigenvalue weighted by atomic mass is 10.1. The highest BCUT2D eigenvalue weighted by molar-refractivity contribution is 6.00. The van der Waals surface area contributed by atoms with Crippen molar-refractivity contribution in [1.82, 2.24) is 9.38 Å². The Morgan fingerprint density at radius 2 is 1.67 bits per heavy atom. The molecule has 1 aromatic carbocycles. The Morgan fingerprint density at radius 1 is 0.952 bits per heavy atom. The monoisotopic (exact) mass is 288 g/mol. The first kappa shape index (κ1) is 12.1. The van der Waals surface area contributed by atoms with Crippen molar-refractivity contribution in [3.63, 3.8) is 0 Å². The number of aromatic nitrogens is 2. The summed E-state index contributed by atoms with van der Waals surface area (Å²) in [5.74, 6) is 0. The fourth-order valence-corrected chi connectivity index (χ4v) is 2.73. The predicted molar refractivity (Wildman–Crippen MR) is 72.7 cm³/mol. The van der Waals surface area contributed by atoms with Crippen molar-refractivity contribution < 1.29 is 13.2 Å². The minimum Gasteiger partial charge on any atom is -0.288 e. The van der Waals surface area contributed by atoms with Crippen molar-refractivity contribution in [2.75, 3.05) is 0 Å². The van der Waals surface area contributed by atoms with E-state index in [0.29, 0.717) is 16.3 Å². The van der Waals surface area contributed by atoms with E-state index in [0.717, 1.165) is 6.07 Å². The van der Waals surface area contributed by atoms with Crippen LogP contribution in [0, 0.1) is 0 Å². The first-order valence-corrected chi connectivity index (χ1v) is 6.20. The summed E-state index contributed by atoms with van der Waals surface area (Å²) in [6.45, 7) is 0. The van der Waals surface area contributed by atoms with Crippen LogP contribution >= 0.6 is 0 Å². The van der Waals surface area contributed by atoms with Crippen LogP contribution in [0.15, 0.2) is 47.4 Å². The van der Waals surface area contributed by atoms with Crippen LogP contribution in [0.2, 0.25) is 0 Å². The molecule has 21 heavy (non-hydrogen) atoms. The molecule has 0 unspecified atom stereocenters. The van der Waals surface area contributed by atoms with Crippen molar-refractivity contribution in [3.8, 4) is 0 Å². The first-order chi connectivity index (χ1) is 9.98. The highest BCUT2D eigenvalue weighted by Crippen LogP contribution is 2.34. The van der Waals surface area contributed by atoms with Gasteiger partial charge in [0.15, 0.2) is 0 Å². The molecule has 0 saturated carbocycles. The van der Waals surface area contributed by atoms with Crippen molar-refractivity contribution >= 4 is 27.5 Å². The van der Waals surface area contributed by atoms with E-state index in [1.165, 1.54) is 16.7 Å². The summed E-state index contributed by atoms with van der Waals surface area (Å²) in [6, 6.07) is 8.96. The Hall–Kier alpha value is -2.63. The zero-order valence-corrected chi connectivity index (χ0v) is 10.5. The van der Waals surface area contributed by atoms with Gasteiger partial charge in [-0.05, 0) is 12.1 Å². The molecule has 0 atom stereocenters. The van der Waals surface area contributed by atoms with E-state index < -0.39 is 11.7 Å². The molecule has 0 fully saturated rings. The first-order valence-electron chi connectivity index (χ1n) is 6.20. The maximum absolute atomic E-state index is 13.0. The van der Waals surface area contributed by atoms with E-state index in [-0.39, 0.29) is 16.6 Å². The summed E-state index contributed by atoms with van der Waals surface area (Å²) in [4.78, 5) is 16.3. The van der Waals surface area contributed by atoms with Gasteiger partial charge in [0, 0.05) is 10.8 Å². The summed E-state index contributed by atoms with van der Waals surface area (Å²) in [5, 5.41) is 1.08. The van der Waals surface area contributed by atoms with Crippen LogP contribution in [0.25, 0.3) is 27.5 Å². The van der Waals surface area contributed by atoms with Gasteiger partial charge in [-0.2, -0.15) is 13.2 Å². The van der Waals surface area contributed by atoms with Crippen molar-refractivity contribution in [2.24, 2.45) is 0 Å². The lowest BCUT2D eigenvalue weighted by Crippen LogP contribution is -2.12. The average molecular weight is 288 g/mol. The van der Waals surface area contributed by atoms with Gasteiger partial charge in [0.25, 0.3) is 0 Å². The molecule has 4 rings (SSSR count). The topological polar surface area (TPSA) is 34.4 Å². The Labute approximate surface area is 115 Å². The second-order valence-electron chi connectivity index (χ2n) is 4.81. The highest BCUT2D eigenvalue weighted by Gasteiger charge is 2.34. The molecule has 3 aromatic heterocycles. The third-order valence-corrected chi connectivity index (χ3v) is 3.64. The van der Waals surface area contributed by atoms with Crippen LogP contribution in [0.3, 0.4) is 0 Å². The lowest BCUT2D eigenvalue weighted by molar-refractivity contribution is -0.136. The summed E-state index contributed by atoms with van der Waals surface area (Å²) in [6.07, 6.45) is -3.14. The number of hydrogen-bond acceptors (Lipinski definition) is 2. The fourth-order valence-electron chi connectivity index (χ4n) is 2.73. The van der Waals surface area contributed by atoms with Gasteiger partial charge in [-0.1, -0.05) is 24.3 Å². The fraction of sp³-hybridized carbons (Fsp3) is 0.0667. The summed E-state index contributed by atoms with van der Waals surface area (Å²) in [5.41, 5.74) is -0.678. The molecule has 0 saturated heterocycles. The van der Waals surface area contributed by atoms with Crippen LogP contribution in [0.4, 0.5) is 13.2 Å². The van der Waals surface area contributed by atoms with Crippen LogP contribution in [0.5, 0.6) is 0 Å². The second-order valence-corrected chi connectivity index (χ2v) is 4.81.